The van der Waals surface area contributed by atoms with Gasteiger partial charge in [0.1, 0.15) is 0 Å². The highest BCUT2D eigenvalue weighted by Gasteiger charge is 2.21. The maximum Gasteiger partial charge on any atom is 0.258 e. The predicted octanol–water partition coefficient (Wildman–Crippen LogP) is 3.07. The summed E-state index contributed by atoms with van der Waals surface area (Å²) in [5.41, 5.74) is 2.05. The molecule has 0 aliphatic heterocycles. The summed E-state index contributed by atoms with van der Waals surface area (Å²) >= 11 is 0. The fourth-order valence-electron chi connectivity index (χ4n) is 2.20. The minimum atomic E-state index is -0.687. The summed E-state index contributed by atoms with van der Waals surface area (Å²) in [4.78, 5) is 12.4. The van der Waals surface area contributed by atoms with E-state index in [1.165, 1.54) is 7.11 Å². The lowest BCUT2D eigenvalue weighted by Crippen LogP contribution is -2.23. The van der Waals surface area contributed by atoms with Crippen LogP contribution in [0.3, 0.4) is 0 Å². The van der Waals surface area contributed by atoms with Gasteiger partial charge in [-0.3, -0.25) is 4.79 Å². The quantitative estimate of drug-likeness (QED) is 0.887. The van der Waals surface area contributed by atoms with Crippen molar-refractivity contribution in [3.05, 3.63) is 65.7 Å². The summed E-state index contributed by atoms with van der Waals surface area (Å²) in [7, 11) is 1.50. The summed E-state index contributed by atoms with van der Waals surface area (Å²) in [6, 6.07) is 16.5. The number of carbonyl (C=O) groups is 1. The molecule has 0 saturated heterocycles. The van der Waals surface area contributed by atoms with Crippen molar-refractivity contribution in [1.82, 2.24) is 0 Å². The zero-order valence-corrected chi connectivity index (χ0v) is 12.1. The van der Waals surface area contributed by atoms with Crippen LogP contribution >= 0.6 is 0 Å². The minimum absolute atomic E-state index is 0.267. The molecular weight excluding hydrogens is 266 g/mol. The Morgan fingerprint density at radius 1 is 1.10 bits per heavy atom. The van der Waals surface area contributed by atoms with Crippen LogP contribution in [0.25, 0.3) is 0 Å². The molecule has 0 aliphatic rings. The third kappa shape index (κ3) is 3.68. The van der Waals surface area contributed by atoms with Gasteiger partial charge in [0.2, 0.25) is 0 Å². The molecule has 2 atom stereocenters. The number of hydrogen-bond acceptors (Lipinski definition) is 3. The van der Waals surface area contributed by atoms with Gasteiger partial charge in [0.25, 0.3) is 5.91 Å². The van der Waals surface area contributed by atoms with E-state index in [0.29, 0.717) is 11.3 Å². The fraction of sp³-hybridized carbons (Fsp3) is 0.235. The molecule has 0 heterocycles. The zero-order valence-electron chi connectivity index (χ0n) is 12.1. The molecule has 2 aromatic carbocycles. The van der Waals surface area contributed by atoms with Crippen molar-refractivity contribution in [2.45, 2.75) is 19.1 Å². The van der Waals surface area contributed by atoms with E-state index in [1.54, 1.807) is 19.1 Å². The molecule has 2 aromatic rings. The number of para-hydroxylation sites is 1. The molecule has 4 heteroatoms. The molecule has 0 radical (unpaired) electrons. The van der Waals surface area contributed by atoms with Crippen LogP contribution in [0.4, 0.5) is 5.69 Å². The lowest BCUT2D eigenvalue weighted by molar-refractivity contribution is -0.126. The third-order valence-electron chi connectivity index (χ3n) is 3.24. The Morgan fingerprint density at radius 3 is 2.33 bits per heavy atom. The van der Waals surface area contributed by atoms with Gasteiger partial charge in [0.15, 0.2) is 6.10 Å². The normalized spacial score (nSPS) is 13.5. The van der Waals surface area contributed by atoms with Crippen molar-refractivity contribution >= 4 is 11.6 Å². The van der Waals surface area contributed by atoms with Gasteiger partial charge in [-0.25, -0.2) is 0 Å². The highest BCUT2D eigenvalue weighted by Crippen LogP contribution is 2.24. The molecule has 4 nitrogen and oxygen atoms in total. The first-order chi connectivity index (χ1) is 10.1. The van der Waals surface area contributed by atoms with Crippen LogP contribution in [-0.4, -0.2) is 18.1 Å². The van der Waals surface area contributed by atoms with Crippen LogP contribution in [0, 0.1) is 0 Å². The fourth-order valence-corrected chi connectivity index (χ4v) is 2.20. The van der Waals surface area contributed by atoms with E-state index < -0.39 is 12.2 Å². The second-order valence-corrected chi connectivity index (χ2v) is 4.78. The van der Waals surface area contributed by atoms with E-state index >= 15 is 0 Å². The zero-order chi connectivity index (χ0) is 15.2. The van der Waals surface area contributed by atoms with E-state index in [1.807, 2.05) is 42.5 Å². The molecule has 0 aromatic heterocycles. The Kier molecular flexibility index (Phi) is 5.09. The van der Waals surface area contributed by atoms with Crippen molar-refractivity contribution in [3.8, 4) is 0 Å². The summed E-state index contributed by atoms with van der Waals surface area (Å²) < 4.78 is 5.30. The van der Waals surface area contributed by atoms with Crippen LogP contribution in [0.15, 0.2) is 54.6 Å². The van der Waals surface area contributed by atoms with Gasteiger partial charge >= 0.3 is 0 Å². The van der Waals surface area contributed by atoms with Gasteiger partial charge in [0.05, 0.1) is 6.10 Å². The molecule has 1 amide bonds. The average Bonchev–Trinajstić information content (AvgIpc) is 2.49. The first-order valence-corrected chi connectivity index (χ1v) is 6.79. The number of aliphatic hydroxyl groups excluding tert-OH is 1. The maximum absolute atomic E-state index is 12.4. The first kappa shape index (κ1) is 15.2. The Labute approximate surface area is 124 Å². The molecule has 110 valence electrons. The van der Waals surface area contributed by atoms with Crippen molar-refractivity contribution in [1.29, 1.82) is 0 Å². The largest absolute Gasteiger partial charge is 0.389 e. The predicted molar refractivity (Wildman–Crippen MR) is 81.9 cm³/mol. The van der Waals surface area contributed by atoms with Crippen LogP contribution in [0.5, 0.6) is 0 Å². The Balaban J connectivity index is 2.21. The van der Waals surface area contributed by atoms with E-state index in [0.717, 1.165) is 5.56 Å². The molecule has 0 bridgehead atoms. The number of amides is 1. The van der Waals surface area contributed by atoms with E-state index in [9.17, 15) is 9.90 Å². The number of anilines is 1. The van der Waals surface area contributed by atoms with E-state index in [-0.39, 0.29) is 5.91 Å². The number of nitrogens with one attached hydrogen (secondary N) is 1. The van der Waals surface area contributed by atoms with Gasteiger partial charge in [-0.1, -0.05) is 48.5 Å². The van der Waals surface area contributed by atoms with Crippen molar-refractivity contribution in [3.63, 3.8) is 0 Å². The maximum atomic E-state index is 12.4. The van der Waals surface area contributed by atoms with Gasteiger partial charge in [-0.2, -0.15) is 0 Å². The monoisotopic (exact) mass is 285 g/mol. The van der Waals surface area contributed by atoms with Crippen LogP contribution < -0.4 is 5.32 Å². The topological polar surface area (TPSA) is 58.6 Å². The molecule has 2 unspecified atom stereocenters. The summed E-state index contributed by atoms with van der Waals surface area (Å²) in [6.45, 7) is 1.66. The average molecular weight is 285 g/mol. The summed E-state index contributed by atoms with van der Waals surface area (Å²) in [5.74, 6) is -0.267. The number of aliphatic hydroxyl groups is 1. The molecule has 0 fully saturated rings. The van der Waals surface area contributed by atoms with Crippen molar-refractivity contribution in [2.24, 2.45) is 0 Å². The molecule has 0 saturated carbocycles. The number of methoxy groups -OCH3 is 1. The number of rotatable bonds is 5. The molecule has 2 N–H and O–H groups in total. The Hall–Kier alpha value is -2.17. The molecule has 21 heavy (non-hydrogen) atoms. The van der Waals surface area contributed by atoms with Gasteiger partial charge < -0.3 is 15.2 Å². The molecule has 0 aliphatic carbocycles. The lowest BCUT2D eigenvalue weighted by Gasteiger charge is -2.18. The standard InChI is InChI=1S/C17H19NO3/c1-12(19)14-10-6-7-11-15(14)18-17(20)16(21-2)13-8-4-3-5-9-13/h3-12,16,19H,1-2H3,(H,18,20). The molecule has 0 spiro atoms. The Morgan fingerprint density at radius 2 is 1.71 bits per heavy atom. The van der Waals surface area contributed by atoms with Crippen LogP contribution in [-0.2, 0) is 9.53 Å². The smallest absolute Gasteiger partial charge is 0.258 e. The van der Waals surface area contributed by atoms with Crippen molar-refractivity contribution in [2.75, 3.05) is 12.4 Å². The number of hydrogen-bond donors (Lipinski definition) is 2. The highest BCUT2D eigenvalue weighted by molar-refractivity contribution is 5.95. The van der Waals surface area contributed by atoms with Crippen molar-refractivity contribution < 1.29 is 14.6 Å². The second-order valence-electron chi connectivity index (χ2n) is 4.78. The third-order valence-corrected chi connectivity index (χ3v) is 3.24. The molecule has 2 rings (SSSR count). The van der Waals surface area contributed by atoms with E-state index in [4.69, 9.17) is 4.74 Å². The SMILES string of the molecule is COC(C(=O)Nc1ccccc1C(C)O)c1ccccc1. The van der Waals surface area contributed by atoms with Gasteiger partial charge in [-0.15, -0.1) is 0 Å². The van der Waals surface area contributed by atoms with Gasteiger partial charge in [-0.05, 0) is 18.6 Å². The van der Waals surface area contributed by atoms with Crippen LogP contribution in [0.2, 0.25) is 0 Å². The van der Waals surface area contributed by atoms with Crippen LogP contribution in [0.1, 0.15) is 30.3 Å². The van der Waals surface area contributed by atoms with Gasteiger partial charge in [0, 0.05) is 18.4 Å². The molecular formula is C17H19NO3. The summed E-state index contributed by atoms with van der Waals surface area (Å²) in [5, 5.41) is 12.6. The minimum Gasteiger partial charge on any atom is -0.389 e. The number of ether oxygens (including phenoxy) is 1. The lowest BCUT2D eigenvalue weighted by atomic mass is 10.1. The second kappa shape index (κ2) is 7.02. The number of benzene rings is 2. The van der Waals surface area contributed by atoms with E-state index in [2.05, 4.69) is 5.32 Å². The Bertz CT molecular complexity index is 596. The first-order valence-electron chi connectivity index (χ1n) is 6.79. The number of carbonyl (C=O) groups excluding carboxylic acids is 1. The summed E-state index contributed by atoms with van der Waals surface area (Å²) in [6.07, 6.45) is -1.34. The highest BCUT2D eigenvalue weighted by atomic mass is 16.5.